The third kappa shape index (κ3) is 3.25. The molecule has 0 aromatic rings. The topological polar surface area (TPSA) is 32.5 Å². The van der Waals surface area contributed by atoms with Crippen LogP contribution in [0.2, 0.25) is 0 Å². The van der Waals surface area contributed by atoms with Crippen LogP contribution in [0.1, 0.15) is 39.0 Å². The van der Waals surface area contributed by atoms with Gasteiger partial charge in [-0.15, -0.1) is 0 Å². The van der Waals surface area contributed by atoms with Gasteiger partial charge in [-0.1, -0.05) is 19.8 Å². The van der Waals surface area contributed by atoms with Crippen molar-refractivity contribution in [1.82, 2.24) is 9.80 Å². The molecule has 0 aromatic heterocycles. The van der Waals surface area contributed by atoms with Gasteiger partial charge < -0.3 is 10.6 Å². The standard InChI is InChI=1S/C15H31N3/c1-12-4-6-13(7-5-12)15(10-16)18-9-8-14(11-18)17(2)3/h12-15H,4-11,16H2,1-3H3. The Morgan fingerprint density at radius 2 is 1.83 bits per heavy atom. The van der Waals surface area contributed by atoms with Crippen molar-refractivity contribution in [2.24, 2.45) is 17.6 Å². The molecule has 1 aliphatic carbocycles. The van der Waals surface area contributed by atoms with Gasteiger partial charge in [-0.05, 0) is 45.2 Å². The fraction of sp³-hybridized carbons (Fsp3) is 1.00. The first-order chi connectivity index (χ1) is 8.61. The second kappa shape index (κ2) is 6.36. The second-order valence-corrected chi connectivity index (χ2v) is 6.72. The molecule has 1 saturated heterocycles. The van der Waals surface area contributed by atoms with Gasteiger partial charge in [-0.25, -0.2) is 0 Å². The number of likely N-dealkylation sites (tertiary alicyclic amines) is 1. The van der Waals surface area contributed by atoms with Crippen LogP contribution in [-0.2, 0) is 0 Å². The highest BCUT2D eigenvalue weighted by molar-refractivity contribution is 4.90. The molecule has 0 aromatic carbocycles. The van der Waals surface area contributed by atoms with Crippen LogP contribution >= 0.6 is 0 Å². The highest BCUT2D eigenvalue weighted by atomic mass is 15.3. The molecule has 18 heavy (non-hydrogen) atoms. The highest BCUT2D eigenvalue weighted by Crippen LogP contribution is 2.33. The van der Waals surface area contributed by atoms with E-state index in [1.54, 1.807) is 0 Å². The molecule has 2 atom stereocenters. The van der Waals surface area contributed by atoms with E-state index in [0.717, 1.165) is 24.4 Å². The number of likely N-dealkylation sites (N-methyl/N-ethyl adjacent to an activating group) is 1. The van der Waals surface area contributed by atoms with Gasteiger partial charge in [0.2, 0.25) is 0 Å². The summed E-state index contributed by atoms with van der Waals surface area (Å²) in [5.74, 6) is 1.79. The maximum atomic E-state index is 6.08. The minimum atomic E-state index is 0.641. The smallest absolute Gasteiger partial charge is 0.0247 e. The number of nitrogens with zero attached hydrogens (tertiary/aromatic N) is 2. The van der Waals surface area contributed by atoms with Crippen LogP contribution in [0.25, 0.3) is 0 Å². The zero-order valence-electron chi connectivity index (χ0n) is 12.4. The Morgan fingerprint density at radius 3 is 2.33 bits per heavy atom. The Balaban J connectivity index is 1.89. The molecule has 2 N–H and O–H groups in total. The van der Waals surface area contributed by atoms with Crippen molar-refractivity contribution in [3.63, 3.8) is 0 Å². The Morgan fingerprint density at radius 1 is 1.17 bits per heavy atom. The van der Waals surface area contributed by atoms with Crippen molar-refractivity contribution >= 4 is 0 Å². The summed E-state index contributed by atoms with van der Waals surface area (Å²) < 4.78 is 0. The first-order valence-electron chi connectivity index (χ1n) is 7.72. The van der Waals surface area contributed by atoms with Gasteiger partial charge >= 0.3 is 0 Å². The predicted octanol–water partition coefficient (Wildman–Crippen LogP) is 1.78. The van der Waals surface area contributed by atoms with E-state index in [4.69, 9.17) is 5.73 Å². The summed E-state index contributed by atoms with van der Waals surface area (Å²) in [6.45, 7) is 5.71. The average molecular weight is 253 g/mol. The molecule has 106 valence electrons. The van der Waals surface area contributed by atoms with Gasteiger partial charge in [0.1, 0.15) is 0 Å². The lowest BCUT2D eigenvalue weighted by molar-refractivity contribution is 0.127. The van der Waals surface area contributed by atoms with Crippen LogP contribution in [0.5, 0.6) is 0 Å². The molecular weight excluding hydrogens is 222 g/mol. The first kappa shape index (κ1) is 14.3. The third-order valence-corrected chi connectivity index (χ3v) is 5.24. The molecular formula is C15H31N3. The maximum absolute atomic E-state index is 6.08. The van der Waals surface area contributed by atoms with E-state index in [1.165, 1.54) is 45.2 Å². The van der Waals surface area contributed by atoms with Gasteiger partial charge in [0.25, 0.3) is 0 Å². The molecule has 1 heterocycles. The van der Waals surface area contributed by atoms with E-state index >= 15 is 0 Å². The minimum Gasteiger partial charge on any atom is -0.329 e. The molecule has 3 heteroatoms. The summed E-state index contributed by atoms with van der Waals surface area (Å²) in [5.41, 5.74) is 6.08. The van der Waals surface area contributed by atoms with Crippen LogP contribution in [0.4, 0.5) is 0 Å². The predicted molar refractivity (Wildman–Crippen MR) is 77.6 cm³/mol. The number of rotatable bonds is 4. The van der Waals surface area contributed by atoms with E-state index in [2.05, 4.69) is 30.8 Å². The molecule has 2 fully saturated rings. The molecule has 0 spiro atoms. The van der Waals surface area contributed by atoms with Crippen molar-refractivity contribution in [3.05, 3.63) is 0 Å². The van der Waals surface area contributed by atoms with Gasteiger partial charge in [-0.3, -0.25) is 4.90 Å². The van der Waals surface area contributed by atoms with E-state index in [1.807, 2.05) is 0 Å². The molecule has 2 rings (SSSR count). The monoisotopic (exact) mass is 253 g/mol. The highest BCUT2D eigenvalue weighted by Gasteiger charge is 2.34. The number of hydrogen-bond acceptors (Lipinski definition) is 3. The normalized spacial score (nSPS) is 36.2. The van der Waals surface area contributed by atoms with Crippen molar-refractivity contribution in [1.29, 1.82) is 0 Å². The lowest BCUT2D eigenvalue weighted by Gasteiger charge is -2.37. The zero-order valence-corrected chi connectivity index (χ0v) is 12.4. The van der Waals surface area contributed by atoms with Crippen LogP contribution in [0.3, 0.4) is 0 Å². The van der Waals surface area contributed by atoms with E-state index in [0.29, 0.717) is 6.04 Å². The fourth-order valence-electron chi connectivity index (χ4n) is 3.80. The average Bonchev–Trinajstić information content (AvgIpc) is 2.82. The van der Waals surface area contributed by atoms with Gasteiger partial charge in [0.15, 0.2) is 0 Å². The molecule has 1 aliphatic heterocycles. The van der Waals surface area contributed by atoms with Gasteiger partial charge in [0, 0.05) is 31.7 Å². The molecule has 0 amide bonds. The Labute approximate surface area is 113 Å². The Hall–Kier alpha value is -0.120. The molecule has 2 aliphatic rings. The third-order valence-electron chi connectivity index (χ3n) is 5.24. The summed E-state index contributed by atoms with van der Waals surface area (Å²) in [5, 5.41) is 0. The number of nitrogens with two attached hydrogens (primary N) is 1. The van der Waals surface area contributed by atoms with Gasteiger partial charge in [0.05, 0.1) is 0 Å². The largest absolute Gasteiger partial charge is 0.329 e. The van der Waals surface area contributed by atoms with E-state index in [-0.39, 0.29) is 0 Å². The molecule has 1 saturated carbocycles. The quantitative estimate of drug-likeness (QED) is 0.829. The summed E-state index contributed by atoms with van der Waals surface area (Å²) in [4.78, 5) is 5.04. The van der Waals surface area contributed by atoms with Gasteiger partial charge in [-0.2, -0.15) is 0 Å². The van der Waals surface area contributed by atoms with Crippen molar-refractivity contribution in [2.75, 3.05) is 33.7 Å². The fourth-order valence-corrected chi connectivity index (χ4v) is 3.80. The van der Waals surface area contributed by atoms with Crippen molar-refractivity contribution in [3.8, 4) is 0 Å². The summed E-state index contributed by atoms with van der Waals surface area (Å²) in [6, 6.07) is 1.38. The molecule has 0 radical (unpaired) electrons. The Kier molecular flexibility index (Phi) is 5.05. The second-order valence-electron chi connectivity index (χ2n) is 6.72. The first-order valence-corrected chi connectivity index (χ1v) is 7.72. The molecule has 2 unspecified atom stereocenters. The SMILES string of the molecule is CC1CCC(C(CN)N2CCC(N(C)C)C2)CC1. The summed E-state index contributed by atoms with van der Waals surface area (Å²) in [7, 11) is 4.40. The van der Waals surface area contributed by atoms with Crippen LogP contribution in [0.15, 0.2) is 0 Å². The maximum Gasteiger partial charge on any atom is 0.0247 e. The van der Waals surface area contributed by atoms with Crippen LogP contribution < -0.4 is 5.73 Å². The zero-order chi connectivity index (χ0) is 13.1. The van der Waals surface area contributed by atoms with Crippen LogP contribution in [-0.4, -0.2) is 55.6 Å². The van der Waals surface area contributed by atoms with Crippen molar-refractivity contribution in [2.45, 2.75) is 51.1 Å². The summed E-state index contributed by atoms with van der Waals surface area (Å²) >= 11 is 0. The summed E-state index contributed by atoms with van der Waals surface area (Å²) in [6.07, 6.45) is 6.92. The van der Waals surface area contributed by atoms with E-state index in [9.17, 15) is 0 Å². The van der Waals surface area contributed by atoms with Crippen molar-refractivity contribution < 1.29 is 0 Å². The minimum absolute atomic E-state index is 0.641. The lowest BCUT2D eigenvalue weighted by atomic mass is 9.79. The molecule has 3 nitrogen and oxygen atoms in total. The lowest BCUT2D eigenvalue weighted by Crippen LogP contribution is -2.46. The number of hydrogen-bond donors (Lipinski definition) is 1. The Bertz CT molecular complexity index is 246. The van der Waals surface area contributed by atoms with E-state index < -0.39 is 0 Å². The van der Waals surface area contributed by atoms with Crippen LogP contribution in [0, 0.1) is 11.8 Å². The molecule has 0 bridgehead atoms.